The number of aromatic hydroxyl groups is 1. The summed E-state index contributed by atoms with van der Waals surface area (Å²) >= 11 is 0. The summed E-state index contributed by atoms with van der Waals surface area (Å²) in [6, 6.07) is 13.1. The summed E-state index contributed by atoms with van der Waals surface area (Å²) in [5.41, 5.74) is 9.06. The van der Waals surface area contributed by atoms with Crippen molar-refractivity contribution < 1.29 is 9.84 Å². The number of aromatic nitrogens is 1. The SMILES string of the molecule is Cn1cc(COc2cccc(O)c2)c2ccc(CN)cc21. The second-order valence-electron chi connectivity index (χ2n) is 5.11. The molecule has 0 aliphatic carbocycles. The highest BCUT2D eigenvalue weighted by Gasteiger charge is 2.08. The highest BCUT2D eigenvalue weighted by molar-refractivity contribution is 5.84. The lowest BCUT2D eigenvalue weighted by Gasteiger charge is -2.06. The van der Waals surface area contributed by atoms with Crippen LogP contribution < -0.4 is 10.5 Å². The molecule has 0 aliphatic heterocycles. The van der Waals surface area contributed by atoms with Crippen LogP contribution >= 0.6 is 0 Å². The summed E-state index contributed by atoms with van der Waals surface area (Å²) in [5.74, 6) is 0.864. The fourth-order valence-corrected chi connectivity index (χ4v) is 2.49. The van der Waals surface area contributed by atoms with Crippen molar-refractivity contribution in [3.8, 4) is 11.5 Å². The Labute approximate surface area is 123 Å². The van der Waals surface area contributed by atoms with Gasteiger partial charge in [-0.3, -0.25) is 0 Å². The van der Waals surface area contributed by atoms with Crippen LogP contribution in [0.15, 0.2) is 48.7 Å². The Morgan fingerprint density at radius 1 is 1.19 bits per heavy atom. The largest absolute Gasteiger partial charge is 0.508 e. The molecule has 108 valence electrons. The third-order valence-electron chi connectivity index (χ3n) is 3.59. The molecule has 4 nitrogen and oxygen atoms in total. The van der Waals surface area contributed by atoms with Crippen molar-refractivity contribution in [2.75, 3.05) is 0 Å². The van der Waals surface area contributed by atoms with Gasteiger partial charge in [0.1, 0.15) is 18.1 Å². The monoisotopic (exact) mass is 282 g/mol. The average Bonchev–Trinajstić information content (AvgIpc) is 2.81. The van der Waals surface area contributed by atoms with Crippen molar-refractivity contribution in [3.63, 3.8) is 0 Å². The second kappa shape index (κ2) is 5.50. The number of ether oxygens (including phenoxy) is 1. The Bertz CT molecular complexity index is 778. The topological polar surface area (TPSA) is 60.4 Å². The molecule has 0 spiro atoms. The summed E-state index contributed by atoms with van der Waals surface area (Å²) in [6.45, 7) is 0.999. The number of phenolic OH excluding ortho intramolecular Hbond substituents is 1. The van der Waals surface area contributed by atoms with Gasteiger partial charge in [0.15, 0.2) is 0 Å². The Hall–Kier alpha value is -2.46. The van der Waals surface area contributed by atoms with E-state index in [1.165, 1.54) is 0 Å². The molecule has 3 rings (SSSR count). The first-order valence-corrected chi connectivity index (χ1v) is 6.86. The van der Waals surface area contributed by atoms with Gasteiger partial charge in [-0.1, -0.05) is 18.2 Å². The maximum atomic E-state index is 9.45. The van der Waals surface area contributed by atoms with Crippen LogP contribution in [0.5, 0.6) is 11.5 Å². The van der Waals surface area contributed by atoms with Gasteiger partial charge in [-0.2, -0.15) is 0 Å². The van der Waals surface area contributed by atoms with Crippen LogP contribution in [-0.2, 0) is 20.2 Å². The van der Waals surface area contributed by atoms with Crippen molar-refractivity contribution >= 4 is 10.9 Å². The number of fused-ring (bicyclic) bond motifs is 1. The number of phenols is 1. The van der Waals surface area contributed by atoms with Gasteiger partial charge in [0.05, 0.1) is 0 Å². The van der Waals surface area contributed by atoms with E-state index in [0.29, 0.717) is 18.9 Å². The second-order valence-corrected chi connectivity index (χ2v) is 5.11. The quantitative estimate of drug-likeness (QED) is 0.773. The molecule has 1 heterocycles. The van der Waals surface area contributed by atoms with E-state index in [0.717, 1.165) is 22.0 Å². The zero-order valence-corrected chi connectivity index (χ0v) is 11.9. The first kappa shape index (κ1) is 13.5. The number of nitrogens with zero attached hydrogens (tertiary/aromatic N) is 1. The maximum absolute atomic E-state index is 9.45. The van der Waals surface area contributed by atoms with E-state index in [4.69, 9.17) is 10.5 Å². The number of hydrogen-bond donors (Lipinski definition) is 2. The molecule has 4 heteroatoms. The third kappa shape index (κ3) is 2.71. The molecule has 3 N–H and O–H groups in total. The third-order valence-corrected chi connectivity index (χ3v) is 3.59. The Kier molecular flexibility index (Phi) is 3.54. The molecule has 0 saturated carbocycles. The van der Waals surface area contributed by atoms with Crippen molar-refractivity contribution in [1.82, 2.24) is 4.57 Å². The maximum Gasteiger partial charge on any atom is 0.123 e. The fourth-order valence-electron chi connectivity index (χ4n) is 2.49. The zero-order chi connectivity index (χ0) is 14.8. The summed E-state index contributed by atoms with van der Waals surface area (Å²) < 4.78 is 7.83. The van der Waals surface area contributed by atoms with E-state index < -0.39 is 0 Å². The van der Waals surface area contributed by atoms with Gasteiger partial charge in [0, 0.05) is 42.3 Å². The molecule has 0 aliphatic rings. The number of aryl methyl sites for hydroxylation is 1. The van der Waals surface area contributed by atoms with Gasteiger partial charge in [0.25, 0.3) is 0 Å². The Morgan fingerprint density at radius 3 is 2.81 bits per heavy atom. The summed E-state index contributed by atoms with van der Waals surface area (Å²) in [6.07, 6.45) is 2.06. The average molecular weight is 282 g/mol. The van der Waals surface area contributed by atoms with E-state index in [1.807, 2.05) is 19.2 Å². The van der Waals surface area contributed by atoms with E-state index in [1.54, 1.807) is 18.2 Å². The molecular formula is C17H18N2O2. The molecule has 1 aromatic heterocycles. The molecule has 0 amide bonds. The number of hydrogen-bond acceptors (Lipinski definition) is 3. The van der Waals surface area contributed by atoms with Crippen LogP contribution in [0.25, 0.3) is 10.9 Å². The predicted molar refractivity (Wildman–Crippen MR) is 83.2 cm³/mol. The van der Waals surface area contributed by atoms with E-state index >= 15 is 0 Å². The van der Waals surface area contributed by atoms with Gasteiger partial charge in [0.2, 0.25) is 0 Å². The smallest absolute Gasteiger partial charge is 0.123 e. The molecule has 2 aromatic carbocycles. The van der Waals surface area contributed by atoms with Gasteiger partial charge in [-0.05, 0) is 23.8 Å². The first-order valence-electron chi connectivity index (χ1n) is 6.86. The minimum absolute atomic E-state index is 0.206. The van der Waals surface area contributed by atoms with Crippen LogP contribution in [0.2, 0.25) is 0 Å². The van der Waals surface area contributed by atoms with Gasteiger partial charge in [-0.15, -0.1) is 0 Å². The van der Waals surface area contributed by atoms with Crippen LogP contribution in [0, 0.1) is 0 Å². The van der Waals surface area contributed by atoms with Crippen molar-refractivity contribution in [2.24, 2.45) is 12.8 Å². The minimum atomic E-state index is 0.206. The van der Waals surface area contributed by atoms with Crippen LogP contribution in [0.1, 0.15) is 11.1 Å². The van der Waals surface area contributed by atoms with Gasteiger partial charge < -0.3 is 20.1 Å². The van der Waals surface area contributed by atoms with Crippen molar-refractivity contribution in [3.05, 3.63) is 59.8 Å². The van der Waals surface area contributed by atoms with Crippen molar-refractivity contribution in [1.29, 1.82) is 0 Å². The van der Waals surface area contributed by atoms with E-state index in [9.17, 15) is 5.11 Å². The molecule has 0 saturated heterocycles. The number of benzene rings is 2. The molecule has 0 bridgehead atoms. The summed E-state index contributed by atoms with van der Waals surface area (Å²) in [7, 11) is 2.01. The molecule has 0 radical (unpaired) electrons. The van der Waals surface area contributed by atoms with Gasteiger partial charge in [-0.25, -0.2) is 0 Å². The lowest BCUT2D eigenvalue weighted by molar-refractivity contribution is 0.305. The van der Waals surface area contributed by atoms with Crippen molar-refractivity contribution in [2.45, 2.75) is 13.2 Å². The Morgan fingerprint density at radius 2 is 2.05 bits per heavy atom. The summed E-state index contributed by atoms with van der Waals surface area (Å²) in [5, 5.41) is 10.6. The normalized spacial score (nSPS) is 11.0. The number of nitrogens with two attached hydrogens (primary N) is 1. The minimum Gasteiger partial charge on any atom is -0.508 e. The van der Waals surface area contributed by atoms with Crippen LogP contribution in [0.4, 0.5) is 0 Å². The molecule has 21 heavy (non-hydrogen) atoms. The standard InChI is InChI=1S/C17H18N2O2/c1-19-10-13(11-21-15-4-2-3-14(20)8-15)16-6-5-12(9-18)7-17(16)19/h2-8,10,20H,9,11,18H2,1H3. The van der Waals surface area contributed by atoms with E-state index in [2.05, 4.69) is 22.9 Å². The molecule has 0 unspecified atom stereocenters. The number of rotatable bonds is 4. The zero-order valence-electron chi connectivity index (χ0n) is 11.9. The lowest BCUT2D eigenvalue weighted by Crippen LogP contribution is -1.96. The lowest BCUT2D eigenvalue weighted by atomic mass is 10.1. The van der Waals surface area contributed by atoms with Gasteiger partial charge >= 0.3 is 0 Å². The molecule has 3 aromatic rings. The Balaban J connectivity index is 1.87. The summed E-state index contributed by atoms with van der Waals surface area (Å²) in [4.78, 5) is 0. The highest BCUT2D eigenvalue weighted by Crippen LogP contribution is 2.24. The van der Waals surface area contributed by atoms with Crippen LogP contribution in [0.3, 0.4) is 0 Å². The predicted octanol–water partition coefficient (Wildman–Crippen LogP) is 2.92. The van der Waals surface area contributed by atoms with E-state index in [-0.39, 0.29) is 5.75 Å². The molecule has 0 fully saturated rings. The highest BCUT2D eigenvalue weighted by atomic mass is 16.5. The fraction of sp³-hybridized carbons (Fsp3) is 0.176. The first-order chi connectivity index (χ1) is 10.2. The molecule has 0 atom stereocenters. The van der Waals surface area contributed by atoms with Crippen LogP contribution in [-0.4, -0.2) is 9.67 Å². The molecular weight excluding hydrogens is 264 g/mol.